The van der Waals surface area contributed by atoms with Crippen LogP contribution >= 0.6 is 0 Å². The number of para-hydroxylation sites is 1. The lowest BCUT2D eigenvalue weighted by Crippen LogP contribution is -2.49. The SMILES string of the molecule is CC(C)Oc1ccccc1CNC(=O)C1(CN)CCOCC1. The van der Waals surface area contributed by atoms with E-state index in [9.17, 15) is 4.79 Å². The zero-order valence-electron chi connectivity index (χ0n) is 13.4. The van der Waals surface area contributed by atoms with Gasteiger partial charge >= 0.3 is 0 Å². The van der Waals surface area contributed by atoms with E-state index in [1.54, 1.807) is 0 Å². The molecule has 1 aromatic rings. The summed E-state index contributed by atoms with van der Waals surface area (Å²) in [6, 6.07) is 7.77. The highest BCUT2D eigenvalue weighted by molar-refractivity contribution is 5.83. The summed E-state index contributed by atoms with van der Waals surface area (Å²) in [6.07, 6.45) is 1.46. The minimum absolute atomic E-state index is 0.0117. The highest BCUT2D eigenvalue weighted by Gasteiger charge is 2.38. The standard InChI is InChI=1S/C17H26N2O3/c1-13(2)22-15-6-4-3-5-14(15)11-19-16(20)17(12-18)7-9-21-10-8-17/h3-6,13H,7-12,18H2,1-2H3,(H,19,20). The lowest BCUT2D eigenvalue weighted by atomic mass is 9.79. The van der Waals surface area contributed by atoms with E-state index in [0.29, 0.717) is 39.1 Å². The quantitative estimate of drug-likeness (QED) is 0.841. The fourth-order valence-electron chi connectivity index (χ4n) is 2.67. The van der Waals surface area contributed by atoms with Gasteiger partial charge in [0.05, 0.1) is 11.5 Å². The first-order chi connectivity index (χ1) is 10.6. The number of ether oxygens (including phenoxy) is 2. The number of benzene rings is 1. The Balaban J connectivity index is 2.01. The van der Waals surface area contributed by atoms with Gasteiger partial charge in [-0.05, 0) is 32.8 Å². The fourth-order valence-corrected chi connectivity index (χ4v) is 2.67. The van der Waals surface area contributed by atoms with E-state index < -0.39 is 5.41 Å². The summed E-state index contributed by atoms with van der Waals surface area (Å²) in [6.45, 7) is 5.97. The van der Waals surface area contributed by atoms with Gasteiger partial charge < -0.3 is 20.5 Å². The Morgan fingerprint density at radius 3 is 2.68 bits per heavy atom. The lowest BCUT2D eigenvalue weighted by molar-refractivity contribution is -0.136. The van der Waals surface area contributed by atoms with E-state index in [1.165, 1.54) is 0 Å². The van der Waals surface area contributed by atoms with Crippen LogP contribution in [0.1, 0.15) is 32.3 Å². The monoisotopic (exact) mass is 306 g/mol. The molecule has 0 unspecified atom stereocenters. The maximum atomic E-state index is 12.6. The minimum Gasteiger partial charge on any atom is -0.491 e. The summed E-state index contributed by atoms with van der Waals surface area (Å²) in [5.41, 5.74) is 6.34. The van der Waals surface area contributed by atoms with Gasteiger partial charge in [-0.1, -0.05) is 18.2 Å². The molecule has 122 valence electrons. The Hall–Kier alpha value is -1.59. The van der Waals surface area contributed by atoms with E-state index in [-0.39, 0.29) is 12.0 Å². The summed E-state index contributed by atoms with van der Waals surface area (Å²) in [4.78, 5) is 12.6. The van der Waals surface area contributed by atoms with Crippen molar-refractivity contribution in [2.75, 3.05) is 19.8 Å². The van der Waals surface area contributed by atoms with Crippen molar-refractivity contribution < 1.29 is 14.3 Å². The van der Waals surface area contributed by atoms with Crippen molar-refractivity contribution in [2.45, 2.75) is 39.3 Å². The largest absolute Gasteiger partial charge is 0.491 e. The highest BCUT2D eigenvalue weighted by Crippen LogP contribution is 2.30. The number of carbonyl (C=O) groups is 1. The van der Waals surface area contributed by atoms with Gasteiger partial charge in [0.1, 0.15) is 5.75 Å². The van der Waals surface area contributed by atoms with Crippen LogP contribution in [0.15, 0.2) is 24.3 Å². The van der Waals surface area contributed by atoms with Gasteiger partial charge in [-0.25, -0.2) is 0 Å². The van der Waals surface area contributed by atoms with Crippen LogP contribution in [0.5, 0.6) is 5.75 Å². The summed E-state index contributed by atoms with van der Waals surface area (Å²) in [5.74, 6) is 0.823. The average molecular weight is 306 g/mol. The first-order valence-electron chi connectivity index (χ1n) is 7.88. The molecule has 5 heteroatoms. The molecule has 0 bridgehead atoms. The summed E-state index contributed by atoms with van der Waals surface area (Å²) >= 11 is 0. The topological polar surface area (TPSA) is 73.6 Å². The molecule has 5 nitrogen and oxygen atoms in total. The van der Waals surface area contributed by atoms with E-state index in [2.05, 4.69) is 5.32 Å². The van der Waals surface area contributed by atoms with Crippen molar-refractivity contribution in [1.82, 2.24) is 5.32 Å². The van der Waals surface area contributed by atoms with Crippen LogP contribution in [0.3, 0.4) is 0 Å². The molecule has 0 atom stereocenters. The molecule has 0 aromatic heterocycles. The Morgan fingerprint density at radius 1 is 1.36 bits per heavy atom. The van der Waals surface area contributed by atoms with Crippen LogP contribution in [-0.4, -0.2) is 31.8 Å². The number of hydrogen-bond donors (Lipinski definition) is 2. The number of rotatable bonds is 6. The third-order valence-electron chi connectivity index (χ3n) is 4.10. The van der Waals surface area contributed by atoms with Crippen molar-refractivity contribution in [3.05, 3.63) is 29.8 Å². The van der Waals surface area contributed by atoms with Gasteiger partial charge in [0.2, 0.25) is 5.91 Å². The molecule has 22 heavy (non-hydrogen) atoms. The molecule has 1 heterocycles. The molecular formula is C17H26N2O3. The molecule has 2 rings (SSSR count). The van der Waals surface area contributed by atoms with Crippen LogP contribution in [-0.2, 0) is 16.1 Å². The van der Waals surface area contributed by atoms with Crippen LogP contribution in [0.2, 0.25) is 0 Å². The third-order valence-corrected chi connectivity index (χ3v) is 4.10. The van der Waals surface area contributed by atoms with Crippen LogP contribution in [0.4, 0.5) is 0 Å². The van der Waals surface area contributed by atoms with E-state index in [1.807, 2.05) is 38.1 Å². The number of nitrogens with two attached hydrogens (primary N) is 1. The predicted octanol–water partition coefficient (Wildman–Crippen LogP) is 1.85. The van der Waals surface area contributed by atoms with Gasteiger partial charge in [0.25, 0.3) is 0 Å². The first-order valence-corrected chi connectivity index (χ1v) is 7.88. The smallest absolute Gasteiger partial charge is 0.227 e. The summed E-state index contributed by atoms with van der Waals surface area (Å²) < 4.78 is 11.1. The number of nitrogens with one attached hydrogen (secondary N) is 1. The van der Waals surface area contributed by atoms with Crippen molar-refractivity contribution in [2.24, 2.45) is 11.1 Å². The molecule has 1 saturated heterocycles. The maximum absolute atomic E-state index is 12.6. The molecule has 0 aliphatic carbocycles. The van der Waals surface area contributed by atoms with E-state index in [4.69, 9.17) is 15.2 Å². The normalized spacial score (nSPS) is 17.3. The maximum Gasteiger partial charge on any atom is 0.227 e. The molecule has 1 aliphatic rings. The molecular weight excluding hydrogens is 280 g/mol. The average Bonchev–Trinajstić information content (AvgIpc) is 2.54. The van der Waals surface area contributed by atoms with Crippen molar-refractivity contribution in [3.8, 4) is 5.75 Å². The molecule has 1 amide bonds. The van der Waals surface area contributed by atoms with Crippen LogP contribution < -0.4 is 15.8 Å². The summed E-state index contributed by atoms with van der Waals surface area (Å²) in [5, 5.41) is 3.02. The van der Waals surface area contributed by atoms with Gasteiger partial charge in [0.15, 0.2) is 0 Å². The van der Waals surface area contributed by atoms with Crippen LogP contribution in [0, 0.1) is 5.41 Å². The molecule has 0 saturated carbocycles. The molecule has 3 N–H and O–H groups in total. The Kier molecular flexibility index (Phi) is 5.80. The molecule has 1 fully saturated rings. The number of hydrogen-bond acceptors (Lipinski definition) is 4. The van der Waals surface area contributed by atoms with Gasteiger partial charge in [-0.15, -0.1) is 0 Å². The molecule has 1 aliphatic heterocycles. The zero-order valence-corrected chi connectivity index (χ0v) is 13.4. The third kappa shape index (κ3) is 3.99. The van der Waals surface area contributed by atoms with E-state index >= 15 is 0 Å². The Morgan fingerprint density at radius 2 is 2.05 bits per heavy atom. The lowest BCUT2D eigenvalue weighted by Gasteiger charge is -2.34. The second-order valence-electron chi connectivity index (χ2n) is 6.05. The molecule has 1 aromatic carbocycles. The second-order valence-corrected chi connectivity index (χ2v) is 6.05. The van der Waals surface area contributed by atoms with E-state index in [0.717, 1.165) is 11.3 Å². The second kappa shape index (κ2) is 7.61. The van der Waals surface area contributed by atoms with Crippen LogP contribution in [0.25, 0.3) is 0 Å². The number of amides is 1. The van der Waals surface area contributed by atoms with Gasteiger partial charge in [-0.2, -0.15) is 0 Å². The first kappa shape index (κ1) is 16.8. The molecule has 0 radical (unpaired) electrons. The number of carbonyl (C=O) groups excluding carboxylic acids is 1. The van der Waals surface area contributed by atoms with Crippen molar-refractivity contribution in [3.63, 3.8) is 0 Å². The van der Waals surface area contributed by atoms with Gasteiger partial charge in [0, 0.05) is 31.9 Å². The Labute approximate surface area is 132 Å². The predicted molar refractivity (Wildman–Crippen MR) is 85.6 cm³/mol. The highest BCUT2D eigenvalue weighted by atomic mass is 16.5. The zero-order chi connectivity index (χ0) is 16.0. The fraction of sp³-hybridized carbons (Fsp3) is 0.588. The van der Waals surface area contributed by atoms with Crippen molar-refractivity contribution in [1.29, 1.82) is 0 Å². The Bertz CT molecular complexity index is 496. The van der Waals surface area contributed by atoms with Gasteiger partial charge in [-0.3, -0.25) is 4.79 Å². The summed E-state index contributed by atoms with van der Waals surface area (Å²) in [7, 11) is 0. The molecule has 0 spiro atoms. The minimum atomic E-state index is -0.494. The van der Waals surface area contributed by atoms with Crippen molar-refractivity contribution >= 4 is 5.91 Å².